The molecule has 2 aromatic heterocycles. The van der Waals surface area contributed by atoms with Gasteiger partial charge in [-0.25, -0.2) is 9.37 Å². The molecule has 3 fully saturated rings. The summed E-state index contributed by atoms with van der Waals surface area (Å²) in [5.41, 5.74) is 2.41. The summed E-state index contributed by atoms with van der Waals surface area (Å²) in [6.07, 6.45) is 10.8. The second-order valence-electron chi connectivity index (χ2n) is 11.4. The van der Waals surface area contributed by atoms with Crippen molar-refractivity contribution < 1.29 is 9.13 Å². The van der Waals surface area contributed by atoms with Gasteiger partial charge in [0, 0.05) is 61.2 Å². The van der Waals surface area contributed by atoms with Crippen LogP contribution in [-0.2, 0) is 4.74 Å². The van der Waals surface area contributed by atoms with E-state index in [9.17, 15) is 9.18 Å². The highest BCUT2D eigenvalue weighted by Crippen LogP contribution is 2.32. The maximum atomic E-state index is 14.4. The first kappa shape index (κ1) is 26.3. The molecule has 39 heavy (non-hydrogen) atoms. The van der Waals surface area contributed by atoms with Gasteiger partial charge in [0.05, 0.1) is 18.7 Å². The number of rotatable bonds is 8. The van der Waals surface area contributed by atoms with E-state index in [4.69, 9.17) is 4.74 Å². The number of hydrogen-bond donors (Lipinski definition) is 1. The minimum atomic E-state index is -0.704. The molecule has 1 N–H and O–H groups in total. The van der Waals surface area contributed by atoms with E-state index in [1.807, 2.05) is 6.07 Å². The normalized spacial score (nSPS) is 19.7. The van der Waals surface area contributed by atoms with Crippen molar-refractivity contribution >= 4 is 28.1 Å². The molecule has 0 amide bonds. The number of benzene rings is 1. The zero-order valence-electron chi connectivity index (χ0n) is 22.8. The molecule has 2 aliphatic heterocycles. The van der Waals surface area contributed by atoms with Crippen molar-refractivity contribution in [2.45, 2.75) is 57.4 Å². The van der Waals surface area contributed by atoms with Gasteiger partial charge in [-0.15, -0.1) is 0 Å². The maximum absolute atomic E-state index is 14.4. The molecule has 6 rings (SSSR count). The molecular weight excluding hydrogens is 493 g/mol. The number of halogens is 1. The number of morpholine rings is 1. The van der Waals surface area contributed by atoms with E-state index in [2.05, 4.69) is 44.4 Å². The fourth-order valence-corrected chi connectivity index (χ4v) is 6.60. The van der Waals surface area contributed by atoms with Gasteiger partial charge < -0.3 is 19.5 Å². The van der Waals surface area contributed by atoms with E-state index in [0.717, 1.165) is 82.2 Å². The van der Waals surface area contributed by atoms with E-state index in [0.29, 0.717) is 11.2 Å². The Morgan fingerprint density at radius 3 is 2.46 bits per heavy atom. The van der Waals surface area contributed by atoms with Gasteiger partial charge in [-0.05, 0) is 81.3 Å². The summed E-state index contributed by atoms with van der Waals surface area (Å²) in [5, 5.41) is 4.04. The molecule has 0 unspecified atom stereocenters. The van der Waals surface area contributed by atoms with Crippen LogP contribution in [-0.4, -0.2) is 60.4 Å². The Kier molecular flexibility index (Phi) is 8.11. The van der Waals surface area contributed by atoms with Crippen molar-refractivity contribution in [3.8, 4) is 0 Å². The maximum Gasteiger partial charge on any atom is 0.287 e. The first-order valence-electron chi connectivity index (χ1n) is 14.8. The summed E-state index contributed by atoms with van der Waals surface area (Å²) < 4.78 is 21.5. The smallest absolute Gasteiger partial charge is 0.287 e. The Labute approximate surface area is 230 Å². The Balaban J connectivity index is 1.06. The number of pyridine rings is 2. The predicted molar refractivity (Wildman–Crippen MR) is 155 cm³/mol. The quantitative estimate of drug-likeness (QED) is 0.400. The van der Waals surface area contributed by atoms with E-state index >= 15 is 0 Å². The van der Waals surface area contributed by atoms with Crippen LogP contribution in [0, 0.1) is 11.7 Å². The molecule has 1 saturated carbocycles. The predicted octanol–water partition coefficient (Wildman–Crippen LogP) is 5.72. The van der Waals surface area contributed by atoms with Crippen LogP contribution < -0.4 is 15.8 Å². The van der Waals surface area contributed by atoms with Crippen LogP contribution in [0.5, 0.6) is 0 Å². The van der Waals surface area contributed by atoms with E-state index < -0.39 is 11.4 Å². The molecule has 7 nitrogen and oxygen atoms in total. The lowest BCUT2D eigenvalue weighted by Gasteiger charge is -2.34. The van der Waals surface area contributed by atoms with Crippen molar-refractivity contribution in [3.63, 3.8) is 0 Å². The van der Waals surface area contributed by atoms with E-state index in [-0.39, 0.29) is 6.04 Å². The molecule has 3 aliphatic rings. The second kappa shape index (κ2) is 12.0. The number of hydrogen-bond acceptors (Lipinski definition) is 6. The summed E-state index contributed by atoms with van der Waals surface area (Å²) in [5.74, 6) is 0.785. The Morgan fingerprint density at radius 1 is 0.974 bits per heavy atom. The molecule has 0 radical (unpaired) electrons. The Morgan fingerprint density at radius 2 is 1.72 bits per heavy atom. The fourth-order valence-electron chi connectivity index (χ4n) is 6.60. The topological polar surface area (TPSA) is 62.6 Å². The molecule has 208 valence electrons. The number of aromatic nitrogens is 2. The molecule has 8 heteroatoms. The van der Waals surface area contributed by atoms with Crippen LogP contribution >= 0.6 is 0 Å². The van der Waals surface area contributed by atoms with Gasteiger partial charge in [0.15, 0.2) is 5.82 Å². The monoisotopic (exact) mass is 533 g/mol. The molecule has 0 spiro atoms. The summed E-state index contributed by atoms with van der Waals surface area (Å²) in [6.45, 7) is 7.36. The van der Waals surface area contributed by atoms with E-state index in [1.165, 1.54) is 44.0 Å². The standard InChI is InChI=1S/C31H40FN5O2/c32-28-20-24-22-33-30(21-29(24)37(31(28)38)27-5-1-2-6-27)34-25-7-9-26(10-8-25)36-14-11-23(12-15-36)4-3-13-35-16-18-39-19-17-35/h7-10,20-23,27H,1-6,11-19H2,(H,33,34). The molecule has 4 heterocycles. The summed E-state index contributed by atoms with van der Waals surface area (Å²) in [4.78, 5) is 22.2. The van der Waals surface area contributed by atoms with E-state index in [1.54, 1.807) is 10.8 Å². The first-order valence-corrected chi connectivity index (χ1v) is 14.8. The number of nitrogens with zero attached hydrogens (tertiary/aromatic N) is 4. The number of anilines is 3. The van der Waals surface area contributed by atoms with Gasteiger partial charge in [0.25, 0.3) is 5.56 Å². The van der Waals surface area contributed by atoms with Crippen molar-refractivity contribution in [2.24, 2.45) is 5.92 Å². The zero-order valence-corrected chi connectivity index (χ0v) is 22.8. The lowest BCUT2D eigenvalue weighted by molar-refractivity contribution is 0.0365. The minimum absolute atomic E-state index is 0.0548. The van der Waals surface area contributed by atoms with Crippen LogP contribution in [0.2, 0.25) is 0 Å². The Bertz CT molecular complexity index is 1310. The van der Waals surface area contributed by atoms with Crippen molar-refractivity contribution in [1.29, 1.82) is 0 Å². The van der Waals surface area contributed by atoms with Crippen molar-refractivity contribution in [3.05, 3.63) is 58.8 Å². The number of fused-ring (bicyclic) bond motifs is 1. The number of ether oxygens (including phenoxy) is 1. The Hall–Kier alpha value is -2.97. The lowest BCUT2D eigenvalue weighted by atomic mass is 9.92. The minimum Gasteiger partial charge on any atom is -0.379 e. The third-order valence-corrected chi connectivity index (χ3v) is 8.88. The van der Waals surface area contributed by atoms with Gasteiger partial charge in [0.2, 0.25) is 0 Å². The first-order chi connectivity index (χ1) is 19.1. The zero-order chi connectivity index (χ0) is 26.6. The highest BCUT2D eigenvalue weighted by atomic mass is 19.1. The SMILES string of the molecule is O=c1c(F)cc2cnc(Nc3ccc(N4CCC(CCCN5CCOCC5)CC4)cc3)cc2n1C1CCCC1. The van der Waals surface area contributed by atoms with Crippen LogP contribution in [0.1, 0.15) is 57.4 Å². The average Bonchev–Trinajstić information content (AvgIpc) is 3.50. The largest absolute Gasteiger partial charge is 0.379 e. The third-order valence-electron chi connectivity index (χ3n) is 8.88. The highest BCUT2D eigenvalue weighted by Gasteiger charge is 2.23. The molecule has 0 bridgehead atoms. The fraction of sp³-hybridized carbons (Fsp3) is 0.548. The van der Waals surface area contributed by atoms with Gasteiger partial charge in [0.1, 0.15) is 5.82 Å². The molecule has 2 saturated heterocycles. The summed E-state index contributed by atoms with van der Waals surface area (Å²) in [7, 11) is 0. The van der Waals surface area contributed by atoms with Gasteiger partial charge in [-0.1, -0.05) is 12.8 Å². The van der Waals surface area contributed by atoms with Crippen molar-refractivity contribution in [1.82, 2.24) is 14.5 Å². The number of piperidine rings is 1. The molecule has 3 aromatic rings. The van der Waals surface area contributed by atoms with Gasteiger partial charge >= 0.3 is 0 Å². The number of nitrogens with one attached hydrogen (secondary N) is 1. The second-order valence-corrected chi connectivity index (χ2v) is 11.4. The van der Waals surface area contributed by atoms with Crippen LogP contribution in [0.25, 0.3) is 10.9 Å². The highest BCUT2D eigenvalue weighted by molar-refractivity contribution is 5.81. The van der Waals surface area contributed by atoms with Gasteiger partial charge in [-0.3, -0.25) is 9.69 Å². The molecule has 1 aliphatic carbocycles. The summed E-state index contributed by atoms with van der Waals surface area (Å²) >= 11 is 0. The average molecular weight is 534 g/mol. The van der Waals surface area contributed by atoms with Crippen LogP contribution in [0.4, 0.5) is 21.6 Å². The molecular formula is C31H40FN5O2. The van der Waals surface area contributed by atoms with Crippen LogP contribution in [0.15, 0.2) is 47.4 Å². The third kappa shape index (κ3) is 6.12. The molecule has 0 atom stereocenters. The molecule has 1 aromatic carbocycles. The lowest BCUT2D eigenvalue weighted by Crippen LogP contribution is -2.37. The summed E-state index contributed by atoms with van der Waals surface area (Å²) in [6, 6.07) is 11.8. The van der Waals surface area contributed by atoms with Crippen molar-refractivity contribution in [2.75, 3.05) is 56.2 Å². The van der Waals surface area contributed by atoms with Crippen LogP contribution in [0.3, 0.4) is 0 Å². The van der Waals surface area contributed by atoms with Gasteiger partial charge in [-0.2, -0.15) is 0 Å².